The summed E-state index contributed by atoms with van der Waals surface area (Å²) in [5, 5.41) is 0. The van der Waals surface area contributed by atoms with Gasteiger partial charge in [-0.25, -0.2) is 0 Å². The number of ether oxygens (including phenoxy) is 4. The Hall–Kier alpha value is 0.570. The number of hydrogen-bond donors (Lipinski definition) is 0. The van der Waals surface area contributed by atoms with Gasteiger partial charge in [-0.05, 0) is 13.8 Å². The molecule has 0 aromatic rings. The fourth-order valence-electron chi connectivity index (χ4n) is 1.96. The lowest BCUT2D eigenvalue weighted by Crippen LogP contribution is -2.30. The Balaban J connectivity index is 2.12. The normalized spacial score (nSPS) is 45.4. The van der Waals surface area contributed by atoms with Gasteiger partial charge in [0.15, 0.2) is 12.1 Å². The van der Waals surface area contributed by atoms with Crippen LogP contribution in [0.2, 0.25) is 0 Å². The van der Waals surface area contributed by atoms with Crippen molar-refractivity contribution in [2.45, 2.75) is 44.2 Å². The van der Waals surface area contributed by atoms with Gasteiger partial charge < -0.3 is 18.9 Å². The lowest BCUT2D eigenvalue weighted by molar-refractivity contribution is -0.223. The summed E-state index contributed by atoms with van der Waals surface area (Å²) in [6.07, 6.45) is -0.296. The average Bonchev–Trinajstić information content (AvgIpc) is 2.57. The second kappa shape index (κ2) is 3.86. The second-order valence-corrected chi connectivity index (χ2v) is 4.88. The first kappa shape index (κ1) is 11.1. The molecule has 82 valence electrons. The summed E-state index contributed by atoms with van der Waals surface area (Å²) in [6.45, 7) is 3.84. The Bertz CT molecular complexity index is 201. The number of hydrogen-bond acceptors (Lipinski definition) is 4. The predicted octanol–water partition coefficient (Wildman–Crippen LogP) is 1.31. The average molecular weight is 314 g/mol. The van der Waals surface area contributed by atoms with Crippen LogP contribution in [-0.4, -0.2) is 41.9 Å². The summed E-state index contributed by atoms with van der Waals surface area (Å²) >= 11 is 2.29. The number of fused-ring (bicyclic) bond motifs is 1. The molecule has 5 heteroatoms. The molecule has 0 spiro atoms. The molecular weight excluding hydrogens is 299 g/mol. The first-order valence-corrected chi connectivity index (χ1v) is 6.20. The minimum atomic E-state index is -0.514. The fourth-order valence-corrected chi connectivity index (χ4v) is 2.67. The number of alkyl halides is 1. The second-order valence-electron chi connectivity index (χ2n) is 4.00. The van der Waals surface area contributed by atoms with E-state index in [1.807, 2.05) is 13.8 Å². The van der Waals surface area contributed by atoms with E-state index >= 15 is 0 Å². The van der Waals surface area contributed by atoms with Gasteiger partial charge in [0.25, 0.3) is 0 Å². The van der Waals surface area contributed by atoms with Gasteiger partial charge in [-0.3, -0.25) is 0 Å². The van der Waals surface area contributed by atoms with Crippen molar-refractivity contribution in [1.82, 2.24) is 0 Å². The summed E-state index contributed by atoms with van der Waals surface area (Å²) < 4.78 is 23.3. The van der Waals surface area contributed by atoms with E-state index in [0.717, 1.165) is 4.43 Å². The first-order valence-electron chi connectivity index (χ1n) is 4.67. The molecule has 0 aromatic heterocycles. The first-order chi connectivity index (χ1) is 6.57. The van der Waals surface area contributed by atoms with E-state index in [2.05, 4.69) is 22.6 Å². The van der Waals surface area contributed by atoms with Gasteiger partial charge in [-0.2, -0.15) is 0 Å². The fraction of sp³-hybridized carbons (Fsp3) is 1.00. The third-order valence-electron chi connectivity index (χ3n) is 2.49. The van der Waals surface area contributed by atoms with Crippen molar-refractivity contribution < 1.29 is 18.9 Å². The zero-order valence-electron chi connectivity index (χ0n) is 8.53. The van der Waals surface area contributed by atoms with Crippen LogP contribution in [0.25, 0.3) is 0 Å². The van der Waals surface area contributed by atoms with Crippen LogP contribution in [0.15, 0.2) is 0 Å². The quantitative estimate of drug-likeness (QED) is 0.569. The molecule has 14 heavy (non-hydrogen) atoms. The molecule has 0 amide bonds. The van der Waals surface area contributed by atoms with Gasteiger partial charge in [0.1, 0.15) is 12.2 Å². The van der Waals surface area contributed by atoms with Gasteiger partial charge >= 0.3 is 0 Å². The molecule has 4 nitrogen and oxygen atoms in total. The van der Waals surface area contributed by atoms with Gasteiger partial charge in [0.2, 0.25) is 0 Å². The van der Waals surface area contributed by atoms with E-state index in [9.17, 15) is 0 Å². The molecule has 2 aliphatic rings. The molecule has 2 fully saturated rings. The maximum Gasteiger partial charge on any atom is 0.186 e. The van der Waals surface area contributed by atoms with Crippen LogP contribution in [0.5, 0.6) is 0 Å². The third kappa shape index (κ3) is 1.80. The van der Waals surface area contributed by atoms with Crippen LogP contribution in [0.4, 0.5) is 0 Å². The molecule has 0 aliphatic carbocycles. The summed E-state index contributed by atoms with van der Waals surface area (Å²) in [5.41, 5.74) is 0. The maximum atomic E-state index is 5.78. The lowest BCUT2D eigenvalue weighted by Gasteiger charge is -2.22. The zero-order chi connectivity index (χ0) is 10.3. The number of halogens is 1. The highest BCUT2D eigenvalue weighted by Gasteiger charge is 2.55. The van der Waals surface area contributed by atoms with E-state index in [-0.39, 0.29) is 24.6 Å². The van der Waals surface area contributed by atoms with E-state index < -0.39 is 5.79 Å². The molecule has 0 saturated carbocycles. The monoisotopic (exact) mass is 314 g/mol. The summed E-state index contributed by atoms with van der Waals surface area (Å²) in [5.74, 6) is -0.514. The van der Waals surface area contributed by atoms with Crippen molar-refractivity contribution in [3.63, 3.8) is 0 Å². The molecule has 4 atom stereocenters. The van der Waals surface area contributed by atoms with Crippen LogP contribution in [0.3, 0.4) is 0 Å². The van der Waals surface area contributed by atoms with Gasteiger partial charge in [-0.15, -0.1) is 0 Å². The zero-order valence-corrected chi connectivity index (χ0v) is 10.7. The predicted molar refractivity (Wildman–Crippen MR) is 58.4 cm³/mol. The standard InChI is InChI=1S/C9H15IO4/c1-9(2)13-6-5(4-10)12-8(11-3)7(6)14-9/h5-8H,4H2,1-3H3/t5-,6+,7+,8+/m0/s1. The van der Waals surface area contributed by atoms with Crippen molar-refractivity contribution in [2.24, 2.45) is 0 Å². The molecule has 0 bridgehead atoms. The molecule has 0 unspecified atom stereocenters. The van der Waals surface area contributed by atoms with Crippen molar-refractivity contribution in [3.05, 3.63) is 0 Å². The minimum absolute atomic E-state index is 0.00634. The van der Waals surface area contributed by atoms with Crippen molar-refractivity contribution in [2.75, 3.05) is 11.5 Å². The smallest absolute Gasteiger partial charge is 0.186 e. The Morgan fingerprint density at radius 3 is 2.50 bits per heavy atom. The molecule has 2 saturated heterocycles. The van der Waals surface area contributed by atoms with Crippen LogP contribution in [0.1, 0.15) is 13.8 Å². The van der Waals surface area contributed by atoms with Gasteiger partial charge in [0.05, 0.1) is 6.10 Å². The molecule has 2 heterocycles. The Kier molecular flexibility index (Phi) is 3.05. The Morgan fingerprint density at radius 2 is 1.93 bits per heavy atom. The largest absolute Gasteiger partial charge is 0.353 e. The van der Waals surface area contributed by atoms with E-state index in [0.29, 0.717) is 0 Å². The topological polar surface area (TPSA) is 36.9 Å². The maximum absolute atomic E-state index is 5.78. The Morgan fingerprint density at radius 1 is 1.29 bits per heavy atom. The summed E-state index contributed by atoms with van der Waals surface area (Å²) in [4.78, 5) is 0. The van der Waals surface area contributed by atoms with Crippen molar-refractivity contribution in [1.29, 1.82) is 0 Å². The molecular formula is C9H15IO4. The third-order valence-corrected chi connectivity index (χ3v) is 3.36. The highest BCUT2D eigenvalue weighted by atomic mass is 127. The molecule has 2 rings (SSSR count). The molecule has 2 aliphatic heterocycles. The molecule has 0 radical (unpaired) electrons. The van der Waals surface area contributed by atoms with E-state index in [4.69, 9.17) is 18.9 Å². The van der Waals surface area contributed by atoms with E-state index in [1.165, 1.54) is 0 Å². The minimum Gasteiger partial charge on any atom is -0.353 e. The van der Waals surface area contributed by atoms with E-state index in [1.54, 1.807) is 7.11 Å². The number of rotatable bonds is 2. The SMILES string of the molecule is CO[C@@H]1O[C@@H](CI)[C@H]2OC(C)(C)O[C@@H]12. The van der Waals surface area contributed by atoms with Crippen LogP contribution in [-0.2, 0) is 18.9 Å². The molecule has 0 aromatic carbocycles. The number of methoxy groups -OCH3 is 1. The van der Waals surface area contributed by atoms with Crippen LogP contribution in [0, 0.1) is 0 Å². The summed E-state index contributed by atoms with van der Waals surface area (Å²) in [6, 6.07) is 0. The highest BCUT2D eigenvalue weighted by molar-refractivity contribution is 14.1. The Labute approximate surface area is 97.4 Å². The van der Waals surface area contributed by atoms with Crippen LogP contribution >= 0.6 is 22.6 Å². The van der Waals surface area contributed by atoms with Crippen molar-refractivity contribution in [3.8, 4) is 0 Å². The summed E-state index contributed by atoms with van der Waals surface area (Å²) in [7, 11) is 1.63. The van der Waals surface area contributed by atoms with Crippen LogP contribution < -0.4 is 0 Å². The highest BCUT2D eigenvalue weighted by Crippen LogP contribution is 2.39. The van der Waals surface area contributed by atoms with Crippen molar-refractivity contribution >= 4 is 22.6 Å². The van der Waals surface area contributed by atoms with Gasteiger partial charge in [-0.1, -0.05) is 22.6 Å². The lowest BCUT2D eigenvalue weighted by atomic mass is 10.2. The van der Waals surface area contributed by atoms with Gasteiger partial charge in [0, 0.05) is 11.5 Å². The molecule has 0 N–H and O–H groups in total.